The molecule has 2 amide bonds. The lowest BCUT2D eigenvalue weighted by molar-refractivity contribution is -0.155. The van der Waals surface area contributed by atoms with Crippen LogP contribution in [0.3, 0.4) is 0 Å². The van der Waals surface area contributed by atoms with Crippen LogP contribution in [0, 0.1) is 17.8 Å². The third-order valence-electron chi connectivity index (χ3n) is 8.44. The molecule has 35 heavy (non-hydrogen) atoms. The molecule has 4 aliphatic rings. The number of nitrogens with zero attached hydrogens (tertiary/aromatic N) is 2. The zero-order valence-electron chi connectivity index (χ0n) is 21.6. The minimum Gasteiger partial charge on any atom is -0.465 e. The van der Waals surface area contributed by atoms with E-state index in [0.29, 0.717) is 13.2 Å². The number of carbonyl (C=O) groups excluding carboxylic acids is 3. The molecular weight excluding hydrogens is 464 g/mol. The quantitative estimate of drug-likeness (QED) is 0.457. The molecule has 1 spiro atoms. The van der Waals surface area contributed by atoms with Gasteiger partial charge in [-0.05, 0) is 46.0 Å². The summed E-state index contributed by atoms with van der Waals surface area (Å²) in [5.41, 5.74) is 0. The van der Waals surface area contributed by atoms with Gasteiger partial charge in [-0.2, -0.15) is 0 Å². The Morgan fingerprint density at radius 3 is 2.51 bits per heavy atom. The summed E-state index contributed by atoms with van der Waals surface area (Å²) in [7, 11) is 0. The van der Waals surface area contributed by atoms with E-state index in [1.165, 1.54) is 0 Å². The van der Waals surface area contributed by atoms with Gasteiger partial charge in [0.15, 0.2) is 0 Å². The summed E-state index contributed by atoms with van der Waals surface area (Å²) in [5, 5.41) is 10.4. The molecule has 8 heteroatoms. The van der Waals surface area contributed by atoms with Crippen LogP contribution in [0.1, 0.15) is 60.3 Å². The standard InChI is InChI=1S/C27H40N2O5S/c1-6-18(4)19(16-30)29-22-24(32)28(17(2)3)14-11-13-27(22)20(23(29)31)21-25(33)34-15-10-8-7-9-12-26(21,5)35-27/h9,11-13,17-22,30H,6-8,10,14-16H2,1-5H3/b12-9-/t18-,19-,20-,21-,22?,26+,27-/m0/s1. The Kier molecular flexibility index (Phi) is 7.45. The van der Waals surface area contributed by atoms with Gasteiger partial charge in [-0.3, -0.25) is 14.4 Å². The van der Waals surface area contributed by atoms with E-state index >= 15 is 0 Å². The fraction of sp³-hybridized carbons (Fsp3) is 0.741. The Morgan fingerprint density at radius 2 is 1.86 bits per heavy atom. The first-order valence-corrected chi connectivity index (χ1v) is 13.9. The monoisotopic (exact) mass is 504 g/mol. The zero-order chi connectivity index (χ0) is 25.5. The van der Waals surface area contributed by atoms with Crippen molar-refractivity contribution in [3.05, 3.63) is 24.3 Å². The molecule has 4 heterocycles. The molecule has 4 aliphatic heterocycles. The van der Waals surface area contributed by atoms with E-state index in [1.807, 2.05) is 46.8 Å². The highest BCUT2D eigenvalue weighted by atomic mass is 32.2. The Labute approximate surface area is 213 Å². The second kappa shape index (κ2) is 9.92. The number of aliphatic hydroxyl groups is 1. The number of fused-ring (bicyclic) bond motifs is 2. The van der Waals surface area contributed by atoms with Gasteiger partial charge < -0.3 is 19.6 Å². The highest BCUT2D eigenvalue weighted by Gasteiger charge is 2.74. The van der Waals surface area contributed by atoms with Gasteiger partial charge in [0, 0.05) is 17.3 Å². The fourth-order valence-electron chi connectivity index (χ4n) is 6.39. The summed E-state index contributed by atoms with van der Waals surface area (Å²) in [4.78, 5) is 45.6. The summed E-state index contributed by atoms with van der Waals surface area (Å²) in [6, 6.07) is -1.32. The summed E-state index contributed by atoms with van der Waals surface area (Å²) in [5.74, 6) is -2.14. The number of cyclic esters (lactones) is 1. The van der Waals surface area contributed by atoms with Gasteiger partial charge in [0.05, 0.1) is 35.8 Å². The SMILES string of the molecule is CC[C@H](C)[C@H](CO)N1C(=O)[C@@H]2[C@H]3C(=O)OCCCC/C=C\[C@@]3(C)S[C@@]23C=CCN(C(C)C)C(=O)C13. The van der Waals surface area contributed by atoms with Crippen LogP contribution in [0.25, 0.3) is 0 Å². The molecule has 7 atom stereocenters. The molecule has 2 fully saturated rings. The number of esters is 1. The first kappa shape index (κ1) is 26.3. The van der Waals surface area contributed by atoms with Crippen LogP contribution in [0.2, 0.25) is 0 Å². The number of hydrogen-bond donors (Lipinski definition) is 1. The van der Waals surface area contributed by atoms with E-state index in [2.05, 4.69) is 12.2 Å². The highest BCUT2D eigenvalue weighted by molar-refractivity contribution is 8.02. The number of likely N-dealkylation sites (tertiary alicyclic amines) is 1. The first-order chi connectivity index (χ1) is 16.6. The summed E-state index contributed by atoms with van der Waals surface area (Å²) >= 11 is 1.56. The number of aliphatic hydroxyl groups excluding tert-OH is 1. The molecule has 4 rings (SSSR count). The van der Waals surface area contributed by atoms with Gasteiger partial charge in [0.2, 0.25) is 11.8 Å². The highest BCUT2D eigenvalue weighted by Crippen LogP contribution is 2.65. The van der Waals surface area contributed by atoms with Gasteiger partial charge in [-0.25, -0.2) is 0 Å². The first-order valence-electron chi connectivity index (χ1n) is 13.1. The maximum Gasteiger partial charge on any atom is 0.311 e. The van der Waals surface area contributed by atoms with Crippen molar-refractivity contribution in [3.63, 3.8) is 0 Å². The van der Waals surface area contributed by atoms with Crippen molar-refractivity contribution in [2.45, 2.75) is 87.9 Å². The van der Waals surface area contributed by atoms with Gasteiger partial charge >= 0.3 is 5.97 Å². The van der Waals surface area contributed by atoms with E-state index in [1.54, 1.807) is 21.6 Å². The van der Waals surface area contributed by atoms with E-state index < -0.39 is 33.4 Å². The lowest BCUT2D eigenvalue weighted by Crippen LogP contribution is -2.58. The maximum atomic E-state index is 14.4. The van der Waals surface area contributed by atoms with Crippen LogP contribution in [-0.2, 0) is 19.1 Å². The fourth-order valence-corrected chi connectivity index (χ4v) is 8.53. The van der Waals surface area contributed by atoms with Crippen molar-refractivity contribution in [2.75, 3.05) is 19.8 Å². The van der Waals surface area contributed by atoms with Crippen molar-refractivity contribution in [1.82, 2.24) is 9.80 Å². The van der Waals surface area contributed by atoms with Crippen molar-refractivity contribution < 1.29 is 24.2 Å². The Balaban J connectivity index is 1.91. The number of hydrogen-bond acceptors (Lipinski definition) is 6. The van der Waals surface area contributed by atoms with E-state index in [9.17, 15) is 19.5 Å². The van der Waals surface area contributed by atoms with Crippen molar-refractivity contribution in [3.8, 4) is 0 Å². The molecule has 0 aliphatic carbocycles. The van der Waals surface area contributed by atoms with Crippen molar-refractivity contribution in [2.24, 2.45) is 17.8 Å². The molecule has 7 nitrogen and oxygen atoms in total. The average Bonchev–Trinajstić information content (AvgIpc) is 3.14. The van der Waals surface area contributed by atoms with Crippen molar-refractivity contribution >= 4 is 29.5 Å². The largest absolute Gasteiger partial charge is 0.465 e. The second-order valence-electron chi connectivity index (χ2n) is 10.9. The predicted octanol–water partition coefficient (Wildman–Crippen LogP) is 3.17. The molecule has 1 unspecified atom stereocenters. The van der Waals surface area contributed by atoms with E-state index in [-0.39, 0.29) is 36.4 Å². The topological polar surface area (TPSA) is 87.2 Å². The molecule has 0 bridgehead atoms. The molecular formula is C27H40N2O5S. The van der Waals surface area contributed by atoms with Gasteiger partial charge in [0.25, 0.3) is 0 Å². The number of rotatable bonds is 5. The maximum absolute atomic E-state index is 14.4. The minimum absolute atomic E-state index is 0.000337. The third-order valence-corrected chi connectivity index (χ3v) is 10.2. The molecule has 194 valence electrons. The lowest BCUT2D eigenvalue weighted by Gasteiger charge is -2.42. The number of thioether (sulfide) groups is 1. The Bertz CT molecular complexity index is 919. The van der Waals surface area contributed by atoms with Crippen LogP contribution in [-0.4, -0.2) is 80.1 Å². The third kappa shape index (κ3) is 4.14. The number of amides is 2. The molecule has 0 aromatic carbocycles. The van der Waals surface area contributed by atoms with Crippen LogP contribution < -0.4 is 0 Å². The van der Waals surface area contributed by atoms with E-state index in [4.69, 9.17) is 4.74 Å². The smallest absolute Gasteiger partial charge is 0.311 e. The molecule has 1 N–H and O–H groups in total. The molecule has 0 aromatic heterocycles. The van der Waals surface area contributed by atoms with Crippen LogP contribution in [0.15, 0.2) is 24.3 Å². The van der Waals surface area contributed by atoms with Crippen LogP contribution in [0.4, 0.5) is 0 Å². The van der Waals surface area contributed by atoms with Crippen LogP contribution >= 0.6 is 11.8 Å². The molecule has 0 aromatic rings. The summed E-state index contributed by atoms with van der Waals surface area (Å²) < 4.78 is 4.13. The summed E-state index contributed by atoms with van der Waals surface area (Å²) in [6.45, 7) is 10.6. The van der Waals surface area contributed by atoms with Crippen molar-refractivity contribution in [1.29, 1.82) is 0 Å². The van der Waals surface area contributed by atoms with Gasteiger partial charge in [-0.15, -0.1) is 11.8 Å². The summed E-state index contributed by atoms with van der Waals surface area (Å²) in [6.07, 6.45) is 11.6. The Morgan fingerprint density at radius 1 is 1.11 bits per heavy atom. The Hall–Kier alpha value is -1.80. The molecule has 0 saturated carbocycles. The average molecular weight is 505 g/mol. The molecule has 0 radical (unpaired) electrons. The lowest BCUT2D eigenvalue weighted by atomic mass is 9.74. The second-order valence-corrected chi connectivity index (χ2v) is 12.7. The number of allylic oxidation sites excluding steroid dienone is 1. The normalized spacial score (nSPS) is 37.9. The van der Waals surface area contributed by atoms with Gasteiger partial charge in [0.1, 0.15) is 6.04 Å². The number of ether oxygens (including phenoxy) is 1. The number of carbonyl (C=O) groups is 3. The predicted molar refractivity (Wildman–Crippen MR) is 137 cm³/mol. The van der Waals surface area contributed by atoms with E-state index in [0.717, 1.165) is 25.7 Å². The molecule has 2 saturated heterocycles. The minimum atomic E-state index is -0.907. The zero-order valence-corrected chi connectivity index (χ0v) is 22.4. The van der Waals surface area contributed by atoms with Gasteiger partial charge in [-0.1, -0.05) is 44.6 Å². The van der Waals surface area contributed by atoms with Crippen LogP contribution in [0.5, 0.6) is 0 Å².